The molecule has 0 saturated heterocycles. The van der Waals surface area contributed by atoms with Crippen molar-refractivity contribution < 1.29 is 4.74 Å². The first kappa shape index (κ1) is 12.8. The quantitative estimate of drug-likeness (QED) is 0.843. The van der Waals surface area contributed by atoms with Gasteiger partial charge in [0.25, 0.3) is 0 Å². The SMILES string of the molecule is NC(=S)c1c(Br)cccc1OCCC1CCC1. The zero-order chi connectivity index (χ0) is 12.3. The highest BCUT2D eigenvalue weighted by Crippen LogP contribution is 2.30. The standard InChI is InChI=1S/C13H16BrNOS/c14-10-5-2-6-11(12(10)13(15)17)16-8-7-9-3-1-4-9/h2,5-6,9H,1,3-4,7-8H2,(H2,15,17). The molecule has 0 radical (unpaired) electrons. The largest absolute Gasteiger partial charge is 0.493 e. The molecule has 0 aromatic heterocycles. The van der Waals surface area contributed by atoms with Crippen molar-refractivity contribution in [2.75, 3.05) is 6.61 Å². The highest BCUT2D eigenvalue weighted by molar-refractivity contribution is 9.10. The summed E-state index contributed by atoms with van der Waals surface area (Å²) in [7, 11) is 0. The van der Waals surface area contributed by atoms with E-state index in [1.807, 2.05) is 18.2 Å². The van der Waals surface area contributed by atoms with Gasteiger partial charge >= 0.3 is 0 Å². The molecule has 0 aliphatic heterocycles. The number of thiocarbonyl (C=S) groups is 1. The van der Waals surface area contributed by atoms with Crippen LogP contribution in [0.2, 0.25) is 0 Å². The number of benzene rings is 1. The lowest BCUT2D eigenvalue weighted by atomic mass is 9.83. The maximum absolute atomic E-state index is 5.79. The number of ether oxygens (including phenoxy) is 1. The van der Waals surface area contributed by atoms with Crippen molar-refractivity contribution in [3.05, 3.63) is 28.2 Å². The molecule has 0 bridgehead atoms. The molecule has 1 aromatic rings. The topological polar surface area (TPSA) is 35.2 Å². The van der Waals surface area contributed by atoms with Gasteiger partial charge in [-0.15, -0.1) is 0 Å². The summed E-state index contributed by atoms with van der Waals surface area (Å²) in [5.74, 6) is 1.64. The lowest BCUT2D eigenvalue weighted by Gasteiger charge is -2.25. The van der Waals surface area contributed by atoms with Gasteiger partial charge in [0.15, 0.2) is 0 Å². The second kappa shape index (κ2) is 5.83. The van der Waals surface area contributed by atoms with Crippen molar-refractivity contribution in [3.63, 3.8) is 0 Å². The summed E-state index contributed by atoms with van der Waals surface area (Å²) in [5.41, 5.74) is 6.51. The van der Waals surface area contributed by atoms with E-state index in [1.165, 1.54) is 19.3 Å². The summed E-state index contributed by atoms with van der Waals surface area (Å²) in [6.45, 7) is 0.747. The van der Waals surface area contributed by atoms with Gasteiger partial charge in [-0.05, 0) is 40.4 Å². The second-order valence-corrected chi connectivity index (χ2v) is 5.71. The number of hydrogen-bond donors (Lipinski definition) is 1. The third-order valence-corrected chi connectivity index (χ3v) is 4.10. The molecular weight excluding hydrogens is 298 g/mol. The van der Waals surface area contributed by atoms with E-state index < -0.39 is 0 Å². The highest BCUT2D eigenvalue weighted by Gasteiger charge is 2.17. The molecule has 1 aliphatic rings. The summed E-state index contributed by atoms with van der Waals surface area (Å²) in [5, 5.41) is 0. The summed E-state index contributed by atoms with van der Waals surface area (Å²) in [4.78, 5) is 0.371. The van der Waals surface area contributed by atoms with Crippen LogP contribution in [0.4, 0.5) is 0 Å². The Bertz CT molecular complexity index is 418. The third-order valence-electron chi connectivity index (χ3n) is 3.23. The first-order chi connectivity index (χ1) is 8.18. The van der Waals surface area contributed by atoms with Crippen LogP contribution in [0, 0.1) is 5.92 Å². The van der Waals surface area contributed by atoms with Crippen LogP contribution in [-0.4, -0.2) is 11.6 Å². The average molecular weight is 314 g/mol. The van der Waals surface area contributed by atoms with Gasteiger partial charge in [0.2, 0.25) is 0 Å². The number of rotatable bonds is 5. The molecule has 17 heavy (non-hydrogen) atoms. The first-order valence-electron chi connectivity index (χ1n) is 5.89. The Morgan fingerprint density at radius 1 is 1.47 bits per heavy atom. The van der Waals surface area contributed by atoms with E-state index in [4.69, 9.17) is 22.7 Å². The maximum atomic E-state index is 5.79. The van der Waals surface area contributed by atoms with Crippen molar-refractivity contribution >= 4 is 33.1 Å². The first-order valence-corrected chi connectivity index (χ1v) is 7.09. The number of halogens is 1. The minimum Gasteiger partial charge on any atom is -0.493 e. The van der Waals surface area contributed by atoms with Gasteiger partial charge in [-0.3, -0.25) is 0 Å². The molecule has 2 N–H and O–H groups in total. The van der Waals surface area contributed by atoms with Crippen LogP contribution in [0.5, 0.6) is 5.75 Å². The minimum atomic E-state index is 0.371. The predicted molar refractivity (Wildman–Crippen MR) is 77.5 cm³/mol. The van der Waals surface area contributed by atoms with Crippen molar-refractivity contribution in [1.82, 2.24) is 0 Å². The summed E-state index contributed by atoms with van der Waals surface area (Å²) >= 11 is 8.49. The monoisotopic (exact) mass is 313 g/mol. The molecule has 1 saturated carbocycles. The Kier molecular flexibility index (Phi) is 4.40. The van der Waals surface area contributed by atoms with Crippen LogP contribution in [0.3, 0.4) is 0 Å². The molecular formula is C13H16BrNOS. The van der Waals surface area contributed by atoms with Crippen molar-refractivity contribution in [2.45, 2.75) is 25.7 Å². The van der Waals surface area contributed by atoms with E-state index in [2.05, 4.69) is 15.9 Å². The Morgan fingerprint density at radius 3 is 2.82 bits per heavy atom. The molecule has 0 atom stereocenters. The number of nitrogens with two attached hydrogens (primary N) is 1. The van der Waals surface area contributed by atoms with Crippen molar-refractivity contribution in [3.8, 4) is 5.75 Å². The fourth-order valence-electron chi connectivity index (χ4n) is 1.98. The minimum absolute atomic E-state index is 0.371. The van der Waals surface area contributed by atoms with E-state index in [0.717, 1.165) is 34.7 Å². The molecule has 1 aliphatic carbocycles. The Hall–Kier alpha value is -0.610. The molecule has 1 aromatic carbocycles. The Morgan fingerprint density at radius 2 is 2.24 bits per heavy atom. The van der Waals surface area contributed by atoms with Crippen LogP contribution in [0.15, 0.2) is 22.7 Å². The molecule has 92 valence electrons. The van der Waals surface area contributed by atoms with Gasteiger partial charge in [0, 0.05) is 4.47 Å². The summed E-state index contributed by atoms with van der Waals surface area (Å²) in [6.07, 6.45) is 5.21. The third kappa shape index (κ3) is 3.19. The van der Waals surface area contributed by atoms with Crippen LogP contribution in [-0.2, 0) is 0 Å². The lowest BCUT2D eigenvalue weighted by Crippen LogP contribution is -2.16. The molecule has 0 amide bonds. The highest BCUT2D eigenvalue weighted by atomic mass is 79.9. The van der Waals surface area contributed by atoms with Gasteiger partial charge in [-0.25, -0.2) is 0 Å². The van der Waals surface area contributed by atoms with Gasteiger partial charge in [0.05, 0.1) is 12.2 Å². The zero-order valence-electron chi connectivity index (χ0n) is 9.62. The van der Waals surface area contributed by atoms with Crippen molar-refractivity contribution in [2.24, 2.45) is 11.7 Å². The van der Waals surface area contributed by atoms with E-state index >= 15 is 0 Å². The van der Waals surface area contributed by atoms with Crippen LogP contribution in [0.25, 0.3) is 0 Å². The van der Waals surface area contributed by atoms with Gasteiger partial charge in [-0.1, -0.05) is 37.5 Å². The van der Waals surface area contributed by atoms with Gasteiger partial charge < -0.3 is 10.5 Å². The number of hydrogen-bond acceptors (Lipinski definition) is 2. The summed E-state index contributed by atoms with van der Waals surface area (Å²) in [6, 6.07) is 5.78. The van der Waals surface area contributed by atoms with Crippen LogP contribution in [0.1, 0.15) is 31.2 Å². The smallest absolute Gasteiger partial charge is 0.130 e. The van der Waals surface area contributed by atoms with Gasteiger partial charge in [-0.2, -0.15) is 0 Å². The van der Waals surface area contributed by atoms with Crippen LogP contribution >= 0.6 is 28.1 Å². The van der Waals surface area contributed by atoms with E-state index in [-0.39, 0.29) is 0 Å². The molecule has 0 spiro atoms. The van der Waals surface area contributed by atoms with Crippen LogP contribution < -0.4 is 10.5 Å². The molecule has 0 heterocycles. The van der Waals surface area contributed by atoms with E-state index in [0.29, 0.717) is 4.99 Å². The predicted octanol–water partition coefficient (Wildman–Crippen LogP) is 3.65. The lowest BCUT2D eigenvalue weighted by molar-refractivity contribution is 0.222. The maximum Gasteiger partial charge on any atom is 0.130 e. The molecule has 2 nitrogen and oxygen atoms in total. The van der Waals surface area contributed by atoms with E-state index in [9.17, 15) is 0 Å². The second-order valence-electron chi connectivity index (χ2n) is 4.41. The molecule has 4 heteroatoms. The normalized spacial score (nSPS) is 15.4. The summed E-state index contributed by atoms with van der Waals surface area (Å²) < 4.78 is 6.68. The fraction of sp³-hybridized carbons (Fsp3) is 0.462. The Labute approximate surface area is 116 Å². The Balaban J connectivity index is 1.98. The average Bonchev–Trinajstić information content (AvgIpc) is 2.21. The fourth-order valence-corrected chi connectivity index (χ4v) is 2.88. The van der Waals surface area contributed by atoms with Crippen molar-refractivity contribution in [1.29, 1.82) is 0 Å². The zero-order valence-corrected chi connectivity index (χ0v) is 12.0. The molecule has 1 fully saturated rings. The molecule has 2 rings (SSSR count). The van der Waals surface area contributed by atoms with Gasteiger partial charge in [0.1, 0.15) is 10.7 Å². The van der Waals surface area contributed by atoms with E-state index in [1.54, 1.807) is 0 Å². The molecule has 0 unspecified atom stereocenters.